The van der Waals surface area contributed by atoms with Crippen molar-refractivity contribution in [3.05, 3.63) is 28.8 Å². The number of nitrogens with zero attached hydrogens (tertiary/aromatic N) is 1. The zero-order chi connectivity index (χ0) is 14.4. The number of hydrogen-bond donors (Lipinski definition) is 2. The minimum absolute atomic E-state index is 0.328. The summed E-state index contributed by atoms with van der Waals surface area (Å²) in [5, 5.41) is 3.96. The number of morpholine rings is 1. The van der Waals surface area contributed by atoms with Gasteiger partial charge in [-0.25, -0.2) is 0 Å². The Morgan fingerprint density at radius 3 is 2.80 bits per heavy atom. The lowest BCUT2D eigenvalue weighted by atomic mass is 10.2. The maximum absolute atomic E-state index is 6.13. The van der Waals surface area contributed by atoms with Gasteiger partial charge in [-0.05, 0) is 31.2 Å². The van der Waals surface area contributed by atoms with E-state index in [9.17, 15) is 0 Å². The van der Waals surface area contributed by atoms with Crippen LogP contribution in [-0.4, -0.2) is 49.3 Å². The van der Waals surface area contributed by atoms with E-state index in [1.807, 2.05) is 18.2 Å². The van der Waals surface area contributed by atoms with Crippen molar-refractivity contribution < 1.29 is 4.74 Å². The van der Waals surface area contributed by atoms with Crippen molar-refractivity contribution in [3.8, 4) is 0 Å². The Morgan fingerprint density at radius 1 is 1.40 bits per heavy atom. The molecule has 0 aliphatic carbocycles. The number of nitrogens with one attached hydrogen (secondary N) is 1. The summed E-state index contributed by atoms with van der Waals surface area (Å²) < 4.78 is 5.33. The molecule has 0 bridgehead atoms. The van der Waals surface area contributed by atoms with Gasteiger partial charge in [0.05, 0.1) is 18.2 Å². The van der Waals surface area contributed by atoms with Gasteiger partial charge >= 0.3 is 0 Å². The lowest BCUT2D eigenvalue weighted by Gasteiger charge is -2.26. The molecule has 1 aliphatic rings. The van der Waals surface area contributed by atoms with E-state index < -0.39 is 0 Å². The zero-order valence-corrected chi connectivity index (χ0v) is 13.0. The van der Waals surface area contributed by atoms with Crippen molar-refractivity contribution in [3.63, 3.8) is 0 Å². The Morgan fingerprint density at radius 2 is 2.15 bits per heavy atom. The van der Waals surface area contributed by atoms with Gasteiger partial charge in [0, 0.05) is 30.9 Å². The Balaban J connectivity index is 1.73. The smallest absolute Gasteiger partial charge is 0.105 e. The number of anilines is 1. The molecule has 1 aliphatic heterocycles. The third-order valence-corrected chi connectivity index (χ3v) is 3.85. The fraction of sp³-hybridized carbons (Fsp3) is 0.500. The Labute approximate surface area is 130 Å². The molecule has 2 rings (SSSR count). The topological polar surface area (TPSA) is 50.5 Å². The quantitative estimate of drug-likeness (QED) is 0.622. The lowest BCUT2D eigenvalue weighted by Crippen LogP contribution is -2.37. The molecule has 0 radical (unpaired) electrons. The highest BCUT2D eigenvalue weighted by molar-refractivity contribution is 7.80. The standard InChI is InChI=1S/C14H20ClN3OS/c15-13-10-11(2-3-12(13)14(16)20)17-4-1-5-18-6-8-19-9-7-18/h2-3,10,17H,1,4-9H2,(H2,16,20). The zero-order valence-electron chi connectivity index (χ0n) is 11.4. The molecule has 0 amide bonds. The SMILES string of the molecule is NC(=S)c1ccc(NCCCN2CCOCC2)cc1Cl. The minimum Gasteiger partial charge on any atom is -0.389 e. The summed E-state index contributed by atoms with van der Waals surface area (Å²) in [6.45, 7) is 5.78. The fourth-order valence-corrected chi connectivity index (χ4v) is 2.70. The van der Waals surface area contributed by atoms with Crippen molar-refractivity contribution >= 4 is 34.5 Å². The van der Waals surface area contributed by atoms with Gasteiger partial charge in [-0.1, -0.05) is 23.8 Å². The van der Waals surface area contributed by atoms with Crippen LogP contribution in [0.15, 0.2) is 18.2 Å². The van der Waals surface area contributed by atoms with Crippen molar-refractivity contribution in [1.82, 2.24) is 4.90 Å². The molecule has 3 N–H and O–H groups in total. The van der Waals surface area contributed by atoms with Gasteiger partial charge < -0.3 is 15.8 Å². The summed E-state index contributed by atoms with van der Waals surface area (Å²) in [5.41, 5.74) is 7.30. The average Bonchev–Trinajstić information content (AvgIpc) is 2.44. The Hall–Kier alpha value is -0.880. The van der Waals surface area contributed by atoms with Gasteiger partial charge in [0.25, 0.3) is 0 Å². The minimum atomic E-state index is 0.328. The van der Waals surface area contributed by atoms with Gasteiger partial charge in [0.2, 0.25) is 0 Å². The predicted octanol–water partition coefficient (Wildman–Crippen LogP) is 2.11. The second-order valence-corrected chi connectivity index (χ2v) is 5.64. The van der Waals surface area contributed by atoms with Gasteiger partial charge in [0.1, 0.15) is 4.99 Å². The highest BCUT2D eigenvalue weighted by Crippen LogP contribution is 2.20. The fourth-order valence-electron chi connectivity index (χ4n) is 2.19. The largest absolute Gasteiger partial charge is 0.389 e. The second-order valence-electron chi connectivity index (χ2n) is 4.79. The highest BCUT2D eigenvalue weighted by atomic mass is 35.5. The van der Waals surface area contributed by atoms with Crippen molar-refractivity contribution in [1.29, 1.82) is 0 Å². The van der Waals surface area contributed by atoms with Gasteiger partial charge in [-0.3, -0.25) is 4.90 Å². The molecular weight excluding hydrogens is 294 g/mol. The average molecular weight is 314 g/mol. The van der Waals surface area contributed by atoms with E-state index in [4.69, 9.17) is 34.3 Å². The monoisotopic (exact) mass is 313 g/mol. The van der Waals surface area contributed by atoms with Gasteiger partial charge in [-0.15, -0.1) is 0 Å². The number of rotatable bonds is 6. The number of nitrogens with two attached hydrogens (primary N) is 1. The molecule has 0 spiro atoms. The van der Waals surface area contributed by atoms with Crippen molar-refractivity contribution in [2.75, 3.05) is 44.7 Å². The summed E-state index contributed by atoms with van der Waals surface area (Å²) in [5.74, 6) is 0. The third kappa shape index (κ3) is 4.59. The summed E-state index contributed by atoms with van der Waals surface area (Å²) in [6, 6.07) is 5.68. The summed E-state index contributed by atoms with van der Waals surface area (Å²) in [6.07, 6.45) is 1.09. The van der Waals surface area contributed by atoms with Crippen LogP contribution < -0.4 is 11.1 Å². The van der Waals surface area contributed by atoms with Gasteiger partial charge in [0.15, 0.2) is 0 Å². The van der Waals surface area contributed by atoms with E-state index in [1.54, 1.807) is 0 Å². The molecule has 0 saturated carbocycles. The van der Waals surface area contributed by atoms with Crippen LogP contribution in [-0.2, 0) is 4.74 Å². The molecule has 1 heterocycles. The van der Waals surface area contributed by atoms with Gasteiger partial charge in [-0.2, -0.15) is 0 Å². The molecule has 1 fully saturated rings. The molecule has 1 saturated heterocycles. The lowest BCUT2D eigenvalue weighted by molar-refractivity contribution is 0.0378. The van der Waals surface area contributed by atoms with E-state index in [0.717, 1.165) is 57.1 Å². The summed E-state index contributed by atoms with van der Waals surface area (Å²) in [7, 11) is 0. The maximum Gasteiger partial charge on any atom is 0.105 e. The first kappa shape index (κ1) is 15.5. The third-order valence-electron chi connectivity index (χ3n) is 3.32. The molecule has 1 aromatic rings. The number of ether oxygens (including phenoxy) is 1. The van der Waals surface area contributed by atoms with Crippen LogP contribution in [0.2, 0.25) is 5.02 Å². The van der Waals surface area contributed by atoms with E-state index >= 15 is 0 Å². The van der Waals surface area contributed by atoms with E-state index in [2.05, 4.69) is 10.2 Å². The molecular formula is C14H20ClN3OS. The van der Waals surface area contributed by atoms with Crippen LogP contribution in [0, 0.1) is 0 Å². The number of halogens is 1. The van der Waals surface area contributed by atoms with E-state index in [1.165, 1.54) is 0 Å². The Bertz CT molecular complexity index is 464. The van der Waals surface area contributed by atoms with Crippen molar-refractivity contribution in [2.45, 2.75) is 6.42 Å². The second kappa shape index (κ2) is 7.78. The normalized spacial score (nSPS) is 16.1. The van der Waals surface area contributed by atoms with E-state index in [-0.39, 0.29) is 0 Å². The highest BCUT2D eigenvalue weighted by Gasteiger charge is 2.09. The number of benzene rings is 1. The van der Waals surface area contributed by atoms with Crippen LogP contribution in [0.5, 0.6) is 0 Å². The van der Waals surface area contributed by atoms with Crippen LogP contribution in [0.1, 0.15) is 12.0 Å². The Kier molecular flexibility index (Phi) is 6.04. The number of hydrogen-bond acceptors (Lipinski definition) is 4. The predicted molar refractivity (Wildman–Crippen MR) is 87.7 cm³/mol. The molecule has 20 heavy (non-hydrogen) atoms. The van der Waals surface area contributed by atoms with Crippen LogP contribution in [0.3, 0.4) is 0 Å². The van der Waals surface area contributed by atoms with E-state index in [0.29, 0.717) is 10.0 Å². The summed E-state index contributed by atoms with van der Waals surface area (Å²) in [4.78, 5) is 2.75. The first-order valence-corrected chi connectivity index (χ1v) is 7.59. The molecule has 1 aromatic carbocycles. The molecule has 0 unspecified atom stereocenters. The molecule has 4 nitrogen and oxygen atoms in total. The molecule has 0 atom stereocenters. The molecule has 0 aromatic heterocycles. The first-order chi connectivity index (χ1) is 9.66. The summed E-state index contributed by atoms with van der Waals surface area (Å²) >= 11 is 11.1. The maximum atomic E-state index is 6.13. The molecule has 6 heteroatoms. The van der Waals surface area contributed by atoms with Crippen LogP contribution in [0.25, 0.3) is 0 Å². The van der Waals surface area contributed by atoms with Crippen LogP contribution in [0.4, 0.5) is 5.69 Å². The van der Waals surface area contributed by atoms with Crippen LogP contribution >= 0.6 is 23.8 Å². The number of thiocarbonyl (C=S) groups is 1. The first-order valence-electron chi connectivity index (χ1n) is 6.80. The van der Waals surface area contributed by atoms with Crippen molar-refractivity contribution in [2.24, 2.45) is 5.73 Å². The molecule has 110 valence electrons.